The third-order valence-electron chi connectivity index (χ3n) is 3.88. The summed E-state index contributed by atoms with van der Waals surface area (Å²) in [7, 11) is 0. The fraction of sp³-hybridized carbons (Fsp3) is 1.00. The topological polar surface area (TPSA) is 41.3 Å². The minimum Gasteiger partial charge on any atom is -0.324 e. The van der Waals surface area contributed by atoms with Crippen molar-refractivity contribution in [2.24, 2.45) is 5.73 Å². The molecule has 2 aliphatic rings. The van der Waals surface area contributed by atoms with Crippen LogP contribution in [0.15, 0.2) is 0 Å². The second-order valence-electron chi connectivity index (χ2n) is 5.30. The molecule has 3 heteroatoms. The molecule has 2 saturated heterocycles. The molecule has 1 unspecified atom stereocenters. The zero-order chi connectivity index (χ0) is 10.6. The molecule has 0 spiro atoms. The Morgan fingerprint density at radius 1 is 1.13 bits per heavy atom. The van der Waals surface area contributed by atoms with E-state index < -0.39 is 0 Å². The fourth-order valence-corrected chi connectivity index (χ4v) is 2.77. The lowest BCUT2D eigenvalue weighted by Crippen LogP contribution is -2.54. The predicted octanol–water partition coefficient (Wildman–Crippen LogP) is 0.943. The molecule has 3 N–H and O–H groups in total. The highest BCUT2D eigenvalue weighted by molar-refractivity contribution is 4.90. The van der Waals surface area contributed by atoms with E-state index in [1.807, 2.05) is 0 Å². The largest absolute Gasteiger partial charge is 0.324 e. The summed E-state index contributed by atoms with van der Waals surface area (Å²) in [5, 5.41) is 3.42. The Morgan fingerprint density at radius 3 is 2.60 bits per heavy atom. The highest BCUT2D eigenvalue weighted by atomic mass is 15.1. The van der Waals surface area contributed by atoms with Crippen molar-refractivity contribution >= 4 is 0 Å². The maximum atomic E-state index is 6.39. The molecule has 0 radical (unpaired) electrons. The molecule has 3 nitrogen and oxygen atoms in total. The first-order valence-electron chi connectivity index (χ1n) is 6.51. The number of hydrogen-bond acceptors (Lipinski definition) is 3. The highest BCUT2D eigenvalue weighted by Crippen LogP contribution is 2.18. The van der Waals surface area contributed by atoms with Crippen molar-refractivity contribution in [1.82, 2.24) is 10.2 Å². The van der Waals surface area contributed by atoms with Gasteiger partial charge in [-0.2, -0.15) is 0 Å². The average molecular weight is 211 g/mol. The summed E-state index contributed by atoms with van der Waals surface area (Å²) in [4.78, 5) is 2.59. The number of piperidine rings is 2. The van der Waals surface area contributed by atoms with E-state index in [0.29, 0.717) is 0 Å². The molecular formula is C12H25N3. The lowest BCUT2D eigenvalue weighted by Gasteiger charge is -2.36. The van der Waals surface area contributed by atoms with E-state index in [-0.39, 0.29) is 5.54 Å². The van der Waals surface area contributed by atoms with Crippen molar-refractivity contribution in [1.29, 1.82) is 0 Å². The van der Waals surface area contributed by atoms with Crippen molar-refractivity contribution in [3.8, 4) is 0 Å². The van der Waals surface area contributed by atoms with Gasteiger partial charge in [-0.15, -0.1) is 0 Å². The van der Waals surface area contributed by atoms with Gasteiger partial charge in [-0.05, 0) is 58.3 Å². The molecule has 1 atom stereocenters. The van der Waals surface area contributed by atoms with Crippen molar-refractivity contribution in [2.45, 2.75) is 44.1 Å². The van der Waals surface area contributed by atoms with Crippen LogP contribution in [0.3, 0.4) is 0 Å². The monoisotopic (exact) mass is 211 g/mol. The van der Waals surface area contributed by atoms with Crippen LogP contribution in [-0.2, 0) is 0 Å². The molecule has 0 aromatic rings. The van der Waals surface area contributed by atoms with E-state index in [2.05, 4.69) is 10.2 Å². The first kappa shape index (κ1) is 11.4. The summed E-state index contributed by atoms with van der Waals surface area (Å²) in [6.07, 6.45) is 7.81. The molecule has 0 aliphatic carbocycles. The summed E-state index contributed by atoms with van der Waals surface area (Å²) in [6.45, 7) is 5.97. The summed E-state index contributed by atoms with van der Waals surface area (Å²) >= 11 is 0. The van der Waals surface area contributed by atoms with Gasteiger partial charge in [-0.3, -0.25) is 0 Å². The Labute approximate surface area is 93.4 Å². The molecule has 88 valence electrons. The maximum Gasteiger partial charge on any atom is 0.0293 e. The number of hydrogen-bond donors (Lipinski definition) is 2. The van der Waals surface area contributed by atoms with Crippen LogP contribution in [0.4, 0.5) is 0 Å². The Morgan fingerprint density at radius 2 is 1.93 bits per heavy atom. The van der Waals surface area contributed by atoms with Crippen LogP contribution in [-0.4, -0.2) is 43.2 Å². The van der Waals surface area contributed by atoms with Gasteiger partial charge >= 0.3 is 0 Å². The second kappa shape index (κ2) is 5.28. The summed E-state index contributed by atoms with van der Waals surface area (Å²) in [5.74, 6) is 0. The lowest BCUT2D eigenvalue weighted by atomic mass is 9.87. The van der Waals surface area contributed by atoms with E-state index in [4.69, 9.17) is 5.73 Å². The minimum absolute atomic E-state index is 0.0791. The van der Waals surface area contributed by atoms with Crippen molar-refractivity contribution < 1.29 is 0 Å². The Hall–Kier alpha value is -0.120. The van der Waals surface area contributed by atoms with Gasteiger partial charge < -0.3 is 16.0 Å². The summed E-state index contributed by atoms with van der Waals surface area (Å²) < 4.78 is 0. The van der Waals surface area contributed by atoms with Crippen LogP contribution in [0.2, 0.25) is 0 Å². The molecule has 0 aromatic heterocycles. The van der Waals surface area contributed by atoms with Gasteiger partial charge in [0.2, 0.25) is 0 Å². The average Bonchev–Trinajstić information content (AvgIpc) is 2.29. The van der Waals surface area contributed by atoms with Gasteiger partial charge in [0, 0.05) is 12.1 Å². The number of nitrogens with zero attached hydrogens (tertiary/aromatic N) is 1. The summed E-state index contributed by atoms with van der Waals surface area (Å²) in [5.41, 5.74) is 6.47. The molecular weight excluding hydrogens is 186 g/mol. The molecule has 2 fully saturated rings. The van der Waals surface area contributed by atoms with Crippen LogP contribution in [0.1, 0.15) is 38.5 Å². The van der Waals surface area contributed by atoms with Gasteiger partial charge in [0.25, 0.3) is 0 Å². The van der Waals surface area contributed by atoms with E-state index >= 15 is 0 Å². The Kier molecular flexibility index (Phi) is 4.00. The zero-order valence-corrected chi connectivity index (χ0v) is 9.80. The lowest BCUT2D eigenvalue weighted by molar-refractivity contribution is 0.190. The number of likely N-dealkylation sites (tertiary alicyclic amines) is 1. The quantitative estimate of drug-likeness (QED) is 0.730. The third kappa shape index (κ3) is 3.44. The van der Waals surface area contributed by atoms with Crippen molar-refractivity contribution in [2.75, 3.05) is 32.7 Å². The molecule has 2 aliphatic heterocycles. The first-order valence-corrected chi connectivity index (χ1v) is 6.51. The Bertz CT molecular complexity index is 181. The summed E-state index contributed by atoms with van der Waals surface area (Å²) in [6, 6.07) is 0. The molecule has 2 heterocycles. The molecule has 15 heavy (non-hydrogen) atoms. The molecule has 0 amide bonds. The smallest absolute Gasteiger partial charge is 0.0293 e. The normalized spacial score (nSPS) is 34.2. The number of nitrogens with two attached hydrogens (primary N) is 1. The van der Waals surface area contributed by atoms with Gasteiger partial charge in [0.05, 0.1) is 0 Å². The van der Waals surface area contributed by atoms with Gasteiger partial charge in [0.15, 0.2) is 0 Å². The maximum absolute atomic E-state index is 6.39. The van der Waals surface area contributed by atoms with E-state index in [1.165, 1.54) is 58.2 Å². The van der Waals surface area contributed by atoms with Crippen LogP contribution >= 0.6 is 0 Å². The molecule has 0 bridgehead atoms. The fourth-order valence-electron chi connectivity index (χ4n) is 2.77. The van der Waals surface area contributed by atoms with E-state index in [9.17, 15) is 0 Å². The van der Waals surface area contributed by atoms with Gasteiger partial charge in [0.1, 0.15) is 0 Å². The van der Waals surface area contributed by atoms with Crippen LogP contribution in [0.5, 0.6) is 0 Å². The predicted molar refractivity (Wildman–Crippen MR) is 63.9 cm³/mol. The van der Waals surface area contributed by atoms with Crippen LogP contribution in [0.25, 0.3) is 0 Å². The molecule has 0 aromatic carbocycles. The molecule has 2 rings (SSSR count). The first-order chi connectivity index (χ1) is 7.29. The number of rotatable bonds is 3. The van der Waals surface area contributed by atoms with Crippen LogP contribution in [0, 0.1) is 0 Å². The van der Waals surface area contributed by atoms with Crippen molar-refractivity contribution in [3.63, 3.8) is 0 Å². The highest BCUT2D eigenvalue weighted by Gasteiger charge is 2.27. The molecule has 0 saturated carbocycles. The third-order valence-corrected chi connectivity index (χ3v) is 3.88. The van der Waals surface area contributed by atoms with E-state index in [0.717, 1.165) is 13.1 Å². The van der Waals surface area contributed by atoms with E-state index in [1.54, 1.807) is 0 Å². The van der Waals surface area contributed by atoms with Gasteiger partial charge in [-0.1, -0.05) is 6.42 Å². The number of nitrogens with one attached hydrogen (secondary N) is 1. The zero-order valence-electron chi connectivity index (χ0n) is 9.80. The van der Waals surface area contributed by atoms with Gasteiger partial charge in [-0.25, -0.2) is 0 Å². The SMILES string of the molecule is NC1(CCN2CCCCC2)CCCNC1. The van der Waals surface area contributed by atoms with Crippen LogP contribution < -0.4 is 11.1 Å². The Balaban J connectivity index is 1.70. The van der Waals surface area contributed by atoms with Crippen molar-refractivity contribution in [3.05, 3.63) is 0 Å². The second-order valence-corrected chi connectivity index (χ2v) is 5.30. The minimum atomic E-state index is 0.0791. The standard InChI is InChI=1S/C12H25N3/c13-12(5-4-7-14-11-12)6-10-15-8-2-1-3-9-15/h14H,1-11,13H2.